The van der Waals surface area contributed by atoms with Crippen molar-refractivity contribution in [3.63, 3.8) is 0 Å². The third-order valence-corrected chi connectivity index (χ3v) is 3.13. The summed E-state index contributed by atoms with van der Waals surface area (Å²) < 4.78 is 5.49. The fourth-order valence-corrected chi connectivity index (χ4v) is 2.19. The quantitative estimate of drug-likeness (QED) is 0.759. The second kappa shape index (κ2) is 4.84. The van der Waals surface area contributed by atoms with Gasteiger partial charge >= 0.3 is 0 Å². The van der Waals surface area contributed by atoms with Crippen LogP contribution in [0.25, 0.3) is 11.0 Å². The van der Waals surface area contributed by atoms with E-state index in [2.05, 4.69) is 15.3 Å². The molecule has 2 heterocycles. The maximum Gasteiger partial charge on any atom is 0.199 e. The van der Waals surface area contributed by atoms with E-state index in [1.807, 2.05) is 24.3 Å². The molecule has 2 N–H and O–H groups in total. The molecule has 0 spiro atoms. The average molecular weight is 262 g/mol. The smallest absolute Gasteiger partial charge is 0.199 e. The number of nitrogens with zero attached hydrogens (tertiary/aromatic N) is 1. The summed E-state index contributed by atoms with van der Waals surface area (Å²) in [5.74, 6) is 0. The molecule has 3 aromatic rings. The van der Waals surface area contributed by atoms with Crippen LogP contribution >= 0.6 is 11.6 Å². The number of hydrogen-bond acceptors (Lipinski definition) is 3. The molecule has 3 rings (SSSR count). The number of hydrogen-bond donors (Lipinski definition) is 2. The largest absolute Gasteiger partial charge is 0.444 e. The Morgan fingerprint density at radius 2 is 2.17 bits per heavy atom. The fraction of sp³-hybridized carbons (Fsp3) is 0.154. The third kappa shape index (κ3) is 2.12. The fourth-order valence-electron chi connectivity index (χ4n) is 1.94. The monoisotopic (exact) mass is 261 g/mol. The Morgan fingerprint density at radius 1 is 1.28 bits per heavy atom. The van der Waals surface area contributed by atoms with Crippen LogP contribution in [-0.4, -0.2) is 9.97 Å². The Morgan fingerprint density at radius 3 is 3.00 bits per heavy atom. The highest BCUT2D eigenvalue weighted by atomic mass is 35.5. The number of benzene rings is 1. The van der Waals surface area contributed by atoms with Gasteiger partial charge in [-0.25, -0.2) is 4.98 Å². The SMILES string of the molecule is Clc1oc2ccccc2c1CNCc1cnc[nH]1. The molecule has 0 aliphatic rings. The van der Waals surface area contributed by atoms with Crippen molar-refractivity contribution in [2.45, 2.75) is 13.1 Å². The third-order valence-electron chi connectivity index (χ3n) is 2.82. The number of fused-ring (bicyclic) bond motifs is 1. The number of H-pyrrole nitrogens is 1. The maximum atomic E-state index is 6.10. The van der Waals surface area contributed by atoms with Gasteiger partial charge in [0.2, 0.25) is 0 Å². The number of furan rings is 1. The standard InChI is InChI=1S/C13H12ClN3O/c14-13-11(7-15-5-9-6-16-8-17-9)10-3-1-2-4-12(10)18-13/h1-4,6,8,15H,5,7H2,(H,16,17). The van der Waals surface area contributed by atoms with Crippen LogP contribution in [0.3, 0.4) is 0 Å². The van der Waals surface area contributed by atoms with Crippen LogP contribution < -0.4 is 5.32 Å². The lowest BCUT2D eigenvalue weighted by atomic mass is 10.2. The van der Waals surface area contributed by atoms with Crippen molar-refractivity contribution in [2.24, 2.45) is 0 Å². The van der Waals surface area contributed by atoms with Crippen molar-refractivity contribution in [1.29, 1.82) is 0 Å². The minimum atomic E-state index is 0.452. The predicted octanol–water partition coefficient (Wildman–Crippen LogP) is 3.10. The van der Waals surface area contributed by atoms with E-state index in [4.69, 9.17) is 16.0 Å². The number of aromatic amines is 1. The summed E-state index contributed by atoms with van der Waals surface area (Å²) in [6, 6.07) is 7.84. The Labute approximate surface area is 109 Å². The lowest BCUT2D eigenvalue weighted by Crippen LogP contribution is -2.12. The molecule has 0 unspecified atom stereocenters. The molecule has 0 saturated heterocycles. The Hall–Kier alpha value is -1.78. The van der Waals surface area contributed by atoms with Crippen molar-refractivity contribution >= 4 is 22.6 Å². The first kappa shape index (κ1) is 11.3. The molecule has 4 nitrogen and oxygen atoms in total. The van der Waals surface area contributed by atoms with Gasteiger partial charge in [0.05, 0.1) is 6.33 Å². The van der Waals surface area contributed by atoms with Gasteiger partial charge in [-0.2, -0.15) is 0 Å². The maximum absolute atomic E-state index is 6.10. The molecule has 18 heavy (non-hydrogen) atoms. The highest BCUT2D eigenvalue weighted by Gasteiger charge is 2.11. The van der Waals surface area contributed by atoms with Crippen LogP contribution in [-0.2, 0) is 13.1 Å². The van der Waals surface area contributed by atoms with Gasteiger partial charge in [0.1, 0.15) is 5.58 Å². The molecule has 0 atom stereocenters. The van der Waals surface area contributed by atoms with Gasteiger partial charge < -0.3 is 14.7 Å². The zero-order chi connectivity index (χ0) is 12.4. The van der Waals surface area contributed by atoms with E-state index >= 15 is 0 Å². The van der Waals surface area contributed by atoms with E-state index < -0.39 is 0 Å². The molecule has 0 aliphatic carbocycles. The van der Waals surface area contributed by atoms with Crippen molar-refractivity contribution in [2.75, 3.05) is 0 Å². The Kier molecular flexibility index (Phi) is 3.04. The normalized spacial score (nSPS) is 11.2. The summed E-state index contributed by atoms with van der Waals surface area (Å²) in [5, 5.41) is 4.81. The molecule has 0 amide bonds. The molecular weight excluding hydrogens is 250 g/mol. The molecule has 0 saturated carbocycles. The van der Waals surface area contributed by atoms with Crippen LogP contribution in [0, 0.1) is 0 Å². The van der Waals surface area contributed by atoms with Crippen molar-refractivity contribution in [3.8, 4) is 0 Å². The molecule has 0 radical (unpaired) electrons. The highest BCUT2D eigenvalue weighted by molar-refractivity contribution is 6.30. The summed E-state index contributed by atoms with van der Waals surface area (Å²) in [7, 11) is 0. The van der Waals surface area contributed by atoms with Crippen molar-refractivity contribution in [1.82, 2.24) is 15.3 Å². The van der Waals surface area contributed by atoms with Gasteiger partial charge in [-0.15, -0.1) is 0 Å². The molecular formula is C13H12ClN3O. The number of aromatic nitrogens is 2. The molecule has 0 bridgehead atoms. The van der Waals surface area contributed by atoms with Crippen LogP contribution in [0.15, 0.2) is 41.2 Å². The highest BCUT2D eigenvalue weighted by Crippen LogP contribution is 2.29. The first-order valence-corrected chi connectivity index (χ1v) is 6.06. The topological polar surface area (TPSA) is 53.9 Å². The minimum Gasteiger partial charge on any atom is -0.444 e. The van der Waals surface area contributed by atoms with E-state index in [1.54, 1.807) is 12.5 Å². The summed E-state index contributed by atoms with van der Waals surface area (Å²) in [4.78, 5) is 7.00. The second-order valence-corrected chi connectivity index (χ2v) is 4.37. The number of rotatable bonds is 4. The van der Waals surface area contributed by atoms with Gasteiger partial charge in [0.25, 0.3) is 0 Å². The number of halogens is 1. The van der Waals surface area contributed by atoms with E-state index in [1.165, 1.54) is 0 Å². The lowest BCUT2D eigenvalue weighted by molar-refractivity contribution is 0.603. The molecule has 1 aromatic carbocycles. The average Bonchev–Trinajstić information content (AvgIpc) is 2.98. The van der Waals surface area contributed by atoms with Gasteiger partial charge in [-0.1, -0.05) is 18.2 Å². The number of para-hydroxylation sites is 1. The van der Waals surface area contributed by atoms with E-state index in [0.717, 1.165) is 28.8 Å². The Bertz CT molecular complexity index is 645. The van der Waals surface area contributed by atoms with Gasteiger partial charge in [0.15, 0.2) is 5.22 Å². The number of imidazole rings is 1. The Balaban J connectivity index is 1.76. The summed E-state index contributed by atoms with van der Waals surface area (Å²) in [5.41, 5.74) is 2.85. The molecule has 0 aliphatic heterocycles. The van der Waals surface area contributed by atoms with E-state index in [9.17, 15) is 0 Å². The zero-order valence-electron chi connectivity index (χ0n) is 9.61. The predicted molar refractivity (Wildman–Crippen MR) is 70.4 cm³/mol. The van der Waals surface area contributed by atoms with Crippen LogP contribution in [0.2, 0.25) is 5.22 Å². The molecule has 5 heteroatoms. The number of nitrogens with one attached hydrogen (secondary N) is 2. The first-order chi connectivity index (χ1) is 8.84. The first-order valence-electron chi connectivity index (χ1n) is 5.68. The lowest BCUT2D eigenvalue weighted by Gasteiger charge is -2.01. The van der Waals surface area contributed by atoms with E-state index in [0.29, 0.717) is 11.8 Å². The summed E-state index contributed by atoms with van der Waals surface area (Å²) >= 11 is 6.10. The van der Waals surface area contributed by atoms with Crippen LogP contribution in [0.1, 0.15) is 11.3 Å². The van der Waals surface area contributed by atoms with Crippen LogP contribution in [0.4, 0.5) is 0 Å². The molecule has 92 valence electrons. The van der Waals surface area contributed by atoms with Gasteiger partial charge in [0, 0.05) is 35.9 Å². The summed E-state index contributed by atoms with van der Waals surface area (Å²) in [6.45, 7) is 1.38. The van der Waals surface area contributed by atoms with Crippen LogP contribution in [0.5, 0.6) is 0 Å². The van der Waals surface area contributed by atoms with E-state index in [-0.39, 0.29) is 0 Å². The van der Waals surface area contributed by atoms with Gasteiger partial charge in [-0.3, -0.25) is 0 Å². The van der Waals surface area contributed by atoms with Crippen molar-refractivity contribution in [3.05, 3.63) is 53.3 Å². The second-order valence-electron chi connectivity index (χ2n) is 4.03. The minimum absolute atomic E-state index is 0.452. The molecule has 2 aromatic heterocycles. The molecule has 0 fully saturated rings. The zero-order valence-corrected chi connectivity index (χ0v) is 10.4. The van der Waals surface area contributed by atoms with Gasteiger partial charge in [-0.05, 0) is 17.7 Å². The summed E-state index contributed by atoms with van der Waals surface area (Å²) in [6.07, 6.45) is 3.46. The van der Waals surface area contributed by atoms with Crippen molar-refractivity contribution < 1.29 is 4.42 Å².